The number of imidazole rings is 1. The second kappa shape index (κ2) is 4.90. The van der Waals surface area contributed by atoms with Crippen molar-refractivity contribution in [3.8, 4) is 5.75 Å². The molecule has 0 radical (unpaired) electrons. The summed E-state index contributed by atoms with van der Waals surface area (Å²) < 4.78 is 8.05. The highest BCUT2D eigenvalue weighted by atomic mass is 32.1. The van der Waals surface area contributed by atoms with E-state index in [0.717, 1.165) is 28.1 Å². The number of H-pyrrole nitrogens is 1. The largest absolute Gasteiger partial charge is 0.497 e. The van der Waals surface area contributed by atoms with Crippen molar-refractivity contribution < 1.29 is 4.74 Å². The lowest BCUT2D eigenvalue weighted by Gasteiger charge is -2.05. The Morgan fingerprint density at radius 3 is 2.68 bits per heavy atom. The number of nitrogens with one attached hydrogen (secondary N) is 1. The SMILES string of the molecule is COc1ccc2c(c1)[nH]c(=S)n2Cc1ccccc1. The molecule has 96 valence electrons. The van der Waals surface area contributed by atoms with Crippen LogP contribution in [-0.4, -0.2) is 16.7 Å². The van der Waals surface area contributed by atoms with Crippen LogP contribution < -0.4 is 4.74 Å². The quantitative estimate of drug-likeness (QED) is 0.734. The zero-order valence-electron chi connectivity index (χ0n) is 10.6. The van der Waals surface area contributed by atoms with Crippen LogP contribution in [0.4, 0.5) is 0 Å². The molecule has 0 aliphatic carbocycles. The van der Waals surface area contributed by atoms with E-state index < -0.39 is 0 Å². The highest BCUT2D eigenvalue weighted by molar-refractivity contribution is 7.71. The van der Waals surface area contributed by atoms with E-state index in [2.05, 4.69) is 21.7 Å². The van der Waals surface area contributed by atoms with Crippen LogP contribution in [0.3, 0.4) is 0 Å². The second-order valence-electron chi connectivity index (χ2n) is 4.38. The lowest BCUT2D eigenvalue weighted by atomic mass is 10.2. The van der Waals surface area contributed by atoms with Crippen molar-refractivity contribution in [2.24, 2.45) is 0 Å². The van der Waals surface area contributed by atoms with Gasteiger partial charge in [-0.3, -0.25) is 0 Å². The Morgan fingerprint density at radius 2 is 1.95 bits per heavy atom. The summed E-state index contributed by atoms with van der Waals surface area (Å²) in [5.74, 6) is 0.829. The zero-order valence-corrected chi connectivity index (χ0v) is 11.4. The van der Waals surface area contributed by atoms with E-state index in [1.54, 1.807) is 7.11 Å². The van der Waals surface area contributed by atoms with Crippen LogP contribution in [0, 0.1) is 4.77 Å². The number of hydrogen-bond donors (Lipinski definition) is 1. The normalized spacial score (nSPS) is 10.8. The van der Waals surface area contributed by atoms with Crippen LogP contribution in [-0.2, 0) is 6.54 Å². The van der Waals surface area contributed by atoms with Crippen LogP contribution in [0.1, 0.15) is 5.56 Å². The molecule has 19 heavy (non-hydrogen) atoms. The average molecular weight is 270 g/mol. The summed E-state index contributed by atoms with van der Waals surface area (Å²) in [7, 11) is 1.66. The molecule has 0 unspecified atom stereocenters. The van der Waals surface area contributed by atoms with Crippen molar-refractivity contribution in [2.75, 3.05) is 7.11 Å². The molecule has 2 aromatic carbocycles. The fourth-order valence-electron chi connectivity index (χ4n) is 2.19. The molecule has 4 heteroatoms. The summed E-state index contributed by atoms with van der Waals surface area (Å²) >= 11 is 5.40. The maximum Gasteiger partial charge on any atom is 0.178 e. The van der Waals surface area contributed by atoms with E-state index in [9.17, 15) is 0 Å². The molecule has 0 spiro atoms. The smallest absolute Gasteiger partial charge is 0.178 e. The number of rotatable bonds is 3. The molecular formula is C15H14N2OS. The lowest BCUT2D eigenvalue weighted by molar-refractivity contribution is 0.415. The first kappa shape index (κ1) is 12.0. The van der Waals surface area contributed by atoms with Gasteiger partial charge < -0.3 is 14.3 Å². The number of aromatic amines is 1. The van der Waals surface area contributed by atoms with Crippen molar-refractivity contribution in [1.82, 2.24) is 9.55 Å². The third-order valence-corrected chi connectivity index (χ3v) is 3.49. The Balaban J connectivity index is 2.09. The van der Waals surface area contributed by atoms with E-state index in [1.807, 2.05) is 36.4 Å². The van der Waals surface area contributed by atoms with E-state index in [-0.39, 0.29) is 0 Å². The average Bonchev–Trinajstić information content (AvgIpc) is 2.75. The van der Waals surface area contributed by atoms with Gasteiger partial charge in [0.05, 0.1) is 24.7 Å². The van der Waals surface area contributed by atoms with Crippen LogP contribution in [0.25, 0.3) is 11.0 Å². The predicted molar refractivity (Wildman–Crippen MR) is 79.2 cm³/mol. The molecule has 0 atom stereocenters. The minimum absolute atomic E-state index is 0.729. The molecule has 1 aromatic heterocycles. The molecule has 1 heterocycles. The lowest BCUT2D eigenvalue weighted by Crippen LogP contribution is -1.99. The summed E-state index contributed by atoms with van der Waals surface area (Å²) in [6, 6.07) is 16.2. The maximum atomic E-state index is 5.40. The van der Waals surface area contributed by atoms with Crippen LogP contribution in [0.5, 0.6) is 5.75 Å². The van der Waals surface area contributed by atoms with Crippen LogP contribution >= 0.6 is 12.2 Å². The molecule has 0 aliphatic heterocycles. The molecule has 3 nitrogen and oxygen atoms in total. The summed E-state index contributed by atoms with van der Waals surface area (Å²) in [5, 5.41) is 0. The molecule has 0 amide bonds. The number of benzene rings is 2. The fourth-order valence-corrected chi connectivity index (χ4v) is 2.47. The first-order valence-electron chi connectivity index (χ1n) is 6.08. The van der Waals surface area contributed by atoms with Gasteiger partial charge in [-0.1, -0.05) is 30.3 Å². The number of ether oxygens (including phenoxy) is 1. The standard InChI is InChI=1S/C15H14N2OS/c1-18-12-7-8-14-13(9-12)16-15(19)17(14)10-11-5-3-2-4-6-11/h2-9H,10H2,1H3,(H,16,19). The minimum atomic E-state index is 0.729. The topological polar surface area (TPSA) is 29.9 Å². The number of nitrogens with zero attached hydrogens (tertiary/aromatic N) is 1. The first-order valence-corrected chi connectivity index (χ1v) is 6.49. The van der Waals surface area contributed by atoms with Crippen molar-refractivity contribution in [1.29, 1.82) is 0 Å². The van der Waals surface area contributed by atoms with E-state index in [0.29, 0.717) is 0 Å². The number of fused-ring (bicyclic) bond motifs is 1. The molecule has 0 aliphatic rings. The Labute approximate surface area is 116 Å². The third-order valence-electron chi connectivity index (χ3n) is 3.16. The third kappa shape index (κ3) is 2.27. The number of hydrogen-bond acceptors (Lipinski definition) is 2. The Bertz CT molecular complexity index is 759. The van der Waals surface area contributed by atoms with Crippen LogP contribution in [0.2, 0.25) is 0 Å². The minimum Gasteiger partial charge on any atom is -0.497 e. The number of methoxy groups -OCH3 is 1. The first-order chi connectivity index (χ1) is 9.28. The van der Waals surface area contributed by atoms with Crippen molar-refractivity contribution in [2.45, 2.75) is 6.54 Å². The van der Waals surface area contributed by atoms with Crippen LogP contribution in [0.15, 0.2) is 48.5 Å². The highest BCUT2D eigenvalue weighted by Gasteiger charge is 2.06. The van der Waals surface area contributed by atoms with Crippen molar-refractivity contribution >= 4 is 23.3 Å². The predicted octanol–water partition coefficient (Wildman–Crippen LogP) is 3.76. The van der Waals surface area contributed by atoms with Crippen molar-refractivity contribution in [3.05, 3.63) is 58.9 Å². The van der Waals surface area contributed by atoms with E-state index in [1.165, 1.54) is 5.56 Å². The molecule has 0 bridgehead atoms. The van der Waals surface area contributed by atoms with Gasteiger partial charge in [0, 0.05) is 6.07 Å². The van der Waals surface area contributed by atoms with Gasteiger partial charge in [0.1, 0.15) is 5.75 Å². The molecular weight excluding hydrogens is 256 g/mol. The zero-order chi connectivity index (χ0) is 13.2. The van der Waals surface area contributed by atoms with Gasteiger partial charge in [0.2, 0.25) is 0 Å². The summed E-state index contributed by atoms with van der Waals surface area (Å²) in [6.07, 6.45) is 0. The molecule has 3 rings (SSSR count). The molecule has 3 aromatic rings. The van der Waals surface area contributed by atoms with Gasteiger partial charge >= 0.3 is 0 Å². The number of aromatic nitrogens is 2. The van der Waals surface area contributed by atoms with Gasteiger partial charge in [0.25, 0.3) is 0 Å². The van der Waals surface area contributed by atoms with E-state index in [4.69, 9.17) is 17.0 Å². The Kier molecular flexibility index (Phi) is 3.09. The molecule has 0 fully saturated rings. The Morgan fingerprint density at radius 1 is 1.16 bits per heavy atom. The highest BCUT2D eigenvalue weighted by Crippen LogP contribution is 2.21. The fraction of sp³-hybridized carbons (Fsp3) is 0.133. The van der Waals surface area contributed by atoms with E-state index >= 15 is 0 Å². The molecule has 0 saturated carbocycles. The maximum absolute atomic E-state index is 5.40. The Hall–Kier alpha value is -2.07. The van der Waals surface area contributed by atoms with Gasteiger partial charge in [-0.2, -0.15) is 0 Å². The van der Waals surface area contributed by atoms with Gasteiger partial charge in [-0.25, -0.2) is 0 Å². The summed E-state index contributed by atoms with van der Waals surface area (Å²) in [4.78, 5) is 3.22. The monoisotopic (exact) mass is 270 g/mol. The summed E-state index contributed by atoms with van der Waals surface area (Å²) in [5.41, 5.74) is 3.32. The van der Waals surface area contributed by atoms with Gasteiger partial charge in [0.15, 0.2) is 4.77 Å². The molecule has 0 saturated heterocycles. The summed E-state index contributed by atoms with van der Waals surface area (Å²) in [6.45, 7) is 0.770. The second-order valence-corrected chi connectivity index (χ2v) is 4.77. The van der Waals surface area contributed by atoms with Gasteiger partial charge in [-0.15, -0.1) is 0 Å². The van der Waals surface area contributed by atoms with Gasteiger partial charge in [-0.05, 0) is 29.9 Å². The molecule has 1 N–H and O–H groups in total. The van der Waals surface area contributed by atoms with Crippen molar-refractivity contribution in [3.63, 3.8) is 0 Å².